The van der Waals surface area contributed by atoms with Crippen molar-refractivity contribution in [1.82, 2.24) is 4.98 Å². The summed E-state index contributed by atoms with van der Waals surface area (Å²) in [5, 5.41) is 10.1. The van der Waals surface area contributed by atoms with E-state index >= 15 is 0 Å². The molecule has 0 spiro atoms. The lowest BCUT2D eigenvalue weighted by molar-refractivity contribution is 0.620. The van der Waals surface area contributed by atoms with Crippen LogP contribution in [0, 0.1) is 0 Å². The molecule has 0 saturated carbocycles. The van der Waals surface area contributed by atoms with E-state index in [9.17, 15) is 0 Å². The Bertz CT molecular complexity index is 4010. The van der Waals surface area contributed by atoms with Gasteiger partial charge < -0.3 is 4.42 Å². The monoisotopic (exact) mass is 811 g/mol. The van der Waals surface area contributed by atoms with Crippen LogP contribution in [0.25, 0.3) is 144 Å². The number of hydrogen-bond donors (Lipinski definition) is 0. The Morgan fingerprint density at radius 1 is 0.344 bits per heavy atom. The normalized spacial score (nSPS) is 13.6. The fraction of sp³-hybridized carbons (Fsp3) is 0.0484. The topological polar surface area (TPSA) is 26.0 Å². The lowest BCUT2D eigenvalue weighted by Crippen LogP contribution is -2.14. The average Bonchev–Trinajstić information content (AvgIpc) is 4.07. The molecule has 0 radical (unpaired) electrons. The zero-order chi connectivity index (χ0) is 42.0. The van der Waals surface area contributed by atoms with Crippen molar-refractivity contribution < 1.29 is 4.42 Å². The predicted molar refractivity (Wildman–Crippen MR) is 267 cm³/mol. The Morgan fingerprint density at radius 3 is 1.48 bits per heavy atom. The van der Waals surface area contributed by atoms with Crippen LogP contribution >= 0.6 is 0 Å². The summed E-state index contributed by atoms with van der Waals surface area (Å²) >= 11 is 0. The molecule has 0 saturated heterocycles. The SMILES string of the molecule is CC1(C)c2ccccc2-c2cc3c(-c4ccc5c6c(cccc46)-c4ccccc4-5)c4ccc(-c5nc6ccccc6o5)cc4c(-c4ccc5c6c(cccc46)-c4ccccc4-5)c3cc21. The maximum atomic E-state index is 6.53. The Hall–Kier alpha value is -8.07. The fourth-order valence-electron chi connectivity index (χ4n) is 12.2. The zero-order valence-electron chi connectivity index (χ0n) is 35.3. The smallest absolute Gasteiger partial charge is 0.227 e. The second-order valence-electron chi connectivity index (χ2n) is 18.5. The Kier molecular flexibility index (Phi) is 6.52. The molecule has 64 heavy (non-hydrogen) atoms. The van der Waals surface area contributed by atoms with E-state index in [1.165, 1.54) is 132 Å². The number of fused-ring (bicyclic) bond motifs is 12. The summed E-state index contributed by atoms with van der Waals surface area (Å²) in [6.45, 7) is 4.79. The van der Waals surface area contributed by atoms with Crippen LogP contribution in [0.15, 0.2) is 192 Å². The number of para-hydroxylation sites is 2. The molecule has 2 heteroatoms. The van der Waals surface area contributed by atoms with Crippen LogP contribution in [0.3, 0.4) is 0 Å². The minimum atomic E-state index is -0.190. The van der Waals surface area contributed by atoms with E-state index in [1.54, 1.807) is 0 Å². The molecule has 0 atom stereocenters. The number of nitrogens with zero attached hydrogens (tertiary/aromatic N) is 1. The third-order valence-corrected chi connectivity index (χ3v) is 15.0. The van der Waals surface area contributed by atoms with Crippen LogP contribution in [0.2, 0.25) is 0 Å². The highest BCUT2D eigenvalue weighted by Crippen LogP contribution is 2.57. The van der Waals surface area contributed by atoms with Gasteiger partial charge in [-0.3, -0.25) is 0 Å². The first-order valence-electron chi connectivity index (χ1n) is 22.4. The zero-order valence-corrected chi connectivity index (χ0v) is 35.3. The summed E-state index contributed by atoms with van der Waals surface area (Å²) in [5.41, 5.74) is 23.2. The van der Waals surface area contributed by atoms with Crippen LogP contribution in [-0.4, -0.2) is 4.98 Å². The molecule has 1 aromatic heterocycles. The van der Waals surface area contributed by atoms with Crippen molar-refractivity contribution in [1.29, 1.82) is 0 Å². The van der Waals surface area contributed by atoms with E-state index in [4.69, 9.17) is 9.40 Å². The summed E-state index contributed by atoms with van der Waals surface area (Å²) in [5.74, 6) is 0.625. The van der Waals surface area contributed by atoms with Gasteiger partial charge in [-0.05, 0) is 169 Å². The lowest BCUT2D eigenvalue weighted by Gasteiger charge is -2.25. The van der Waals surface area contributed by atoms with Gasteiger partial charge in [-0.2, -0.15) is 0 Å². The number of oxazole rings is 1. The van der Waals surface area contributed by atoms with Crippen molar-refractivity contribution in [3.63, 3.8) is 0 Å². The molecule has 15 rings (SSSR count). The fourth-order valence-corrected chi connectivity index (χ4v) is 12.2. The van der Waals surface area contributed by atoms with Gasteiger partial charge in [-0.15, -0.1) is 0 Å². The molecule has 1 heterocycles. The molecule has 2 nitrogen and oxygen atoms in total. The van der Waals surface area contributed by atoms with Gasteiger partial charge in [0.05, 0.1) is 0 Å². The lowest BCUT2D eigenvalue weighted by atomic mass is 9.78. The van der Waals surface area contributed by atoms with Gasteiger partial charge in [0.25, 0.3) is 0 Å². The largest absolute Gasteiger partial charge is 0.436 e. The Balaban J connectivity index is 1.13. The third-order valence-electron chi connectivity index (χ3n) is 15.0. The quantitative estimate of drug-likeness (QED) is 0.166. The average molecular weight is 812 g/mol. The van der Waals surface area contributed by atoms with Crippen LogP contribution in [0.1, 0.15) is 25.0 Å². The van der Waals surface area contributed by atoms with E-state index in [0.717, 1.165) is 16.7 Å². The first-order valence-corrected chi connectivity index (χ1v) is 22.4. The van der Waals surface area contributed by atoms with Gasteiger partial charge in [0.1, 0.15) is 5.52 Å². The van der Waals surface area contributed by atoms with E-state index in [2.05, 4.69) is 178 Å². The molecule has 0 bridgehead atoms. The van der Waals surface area contributed by atoms with Gasteiger partial charge in [0, 0.05) is 11.0 Å². The van der Waals surface area contributed by atoms with Gasteiger partial charge in [-0.1, -0.05) is 166 Å². The van der Waals surface area contributed by atoms with Crippen molar-refractivity contribution in [2.45, 2.75) is 19.3 Å². The summed E-state index contributed by atoms with van der Waals surface area (Å²) < 4.78 is 6.53. The molecule has 0 fully saturated rings. The van der Waals surface area contributed by atoms with Gasteiger partial charge in [0.2, 0.25) is 5.89 Å². The third kappa shape index (κ3) is 4.32. The number of aromatic nitrogens is 1. The molecule has 0 amide bonds. The highest BCUT2D eigenvalue weighted by Gasteiger charge is 2.37. The molecule has 0 unspecified atom stereocenters. The number of benzene rings is 11. The van der Waals surface area contributed by atoms with Crippen molar-refractivity contribution in [2.24, 2.45) is 0 Å². The minimum absolute atomic E-state index is 0.190. The van der Waals surface area contributed by atoms with Gasteiger partial charge >= 0.3 is 0 Å². The number of rotatable bonds is 3. The van der Waals surface area contributed by atoms with E-state index in [1.807, 2.05) is 24.3 Å². The predicted octanol–water partition coefficient (Wildman–Crippen LogP) is 17.0. The maximum Gasteiger partial charge on any atom is 0.227 e. The summed E-state index contributed by atoms with van der Waals surface area (Å²) in [7, 11) is 0. The number of hydrogen-bond acceptors (Lipinski definition) is 2. The highest BCUT2D eigenvalue weighted by atomic mass is 16.3. The van der Waals surface area contributed by atoms with Crippen molar-refractivity contribution >= 4 is 54.2 Å². The van der Waals surface area contributed by atoms with Gasteiger partial charge in [-0.25, -0.2) is 4.98 Å². The molecule has 0 N–H and O–H groups in total. The summed E-state index contributed by atoms with van der Waals surface area (Å²) in [6, 6.07) is 70.2. The second-order valence-corrected chi connectivity index (χ2v) is 18.5. The molecule has 11 aromatic carbocycles. The molecule has 0 aliphatic heterocycles. The van der Waals surface area contributed by atoms with Crippen LogP contribution in [-0.2, 0) is 5.41 Å². The van der Waals surface area contributed by atoms with E-state index in [-0.39, 0.29) is 5.41 Å². The first kappa shape index (κ1) is 34.5. The van der Waals surface area contributed by atoms with Crippen molar-refractivity contribution in [2.75, 3.05) is 0 Å². The summed E-state index contributed by atoms with van der Waals surface area (Å²) in [6.07, 6.45) is 0. The minimum Gasteiger partial charge on any atom is -0.436 e. The van der Waals surface area contributed by atoms with Crippen LogP contribution in [0.4, 0.5) is 0 Å². The Morgan fingerprint density at radius 2 is 0.844 bits per heavy atom. The second kappa shape index (κ2) is 12.1. The van der Waals surface area contributed by atoms with Crippen molar-refractivity contribution in [3.8, 4) is 89.3 Å². The van der Waals surface area contributed by atoms with E-state index in [0.29, 0.717) is 5.89 Å². The molecular weight excluding hydrogens is 775 g/mol. The van der Waals surface area contributed by atoms with E-state index < -0.39 is 0 Å². The standard InChI is InChI=1S/C62H37NO/c1-62(2)53-22-8-7-17-39(53)49-32-51-52(33-54(49)62)60(47-30-28-45-38-16-6-4-14-36(38)41-19-12-21-43(47)58(41)45)50-31-34(61-63-55-23-9-10-24-56(55)64-61)25-26-48(50)59(51)46-29-27-44-37-15-5-3-13-35(37)40-18-11-20-42(46)57(40)44/h3-33H,1-2H3. The van der Waals surface area contributed by atoms with Crippen LogP contribution in [0.5, 0.6) is 0 Å². The molecular formula is C62H37NO. The molecule has 12 aromatic rings. The highest BCUT2D eigenvalue weighted by molar-refractivity contribution is 6.30. The first-order chi connectivity index (χ1) is 31.5. The maximum absolute atomic E-state index is 6.53. The molecule has 3 aliphatic rings. The molecule has 3 aliphatic carbocycles. The summed E-state index contributed by atoms with van der Waals surface area (Å²) in [4.78, 5) is 5.05. The van der Waals surface area contributed by atoms with Gasteiger partial charge in [0.15, 0.2) is 5.58 Å². The Labute approximate surface area is 369 Å². The molecule has 296 valence electrons. The van der Waals surface area contributed by atoms with Crippen LogP contribution < -0.4 is 0 Å². The van der Waals surface area contributed by atoms with Crippen molar-refractivity contribution in [3.05, 3.63) is 199 Å².